The molecule has 100 valence electrons. The first-order chi connectivity index (χ1) is 8.37. The van der Waals surface area contributed by atoms with Crippen molar-refractivity contribution < 1.29 is 8.42 Å². The quantitative estimate of drug-likeness (QED) is 0.817. The number of benzene rings is 1. The zero-order chi connectivity index (χ0) is 13.8. The molecule has 0 unspecified atom stereocenters. The van der Waals surface area contributed by atoms with Gasteiger partial charge in [-0.2, -0.15) is 4.31 Å². The Morgan fingerprint density at radius 1 is 1.39 bits per heavy atom. The van der Waals surface area contributed by atoms with E-state index in [1.54, 1.807) is 12.1 Å². The van der Waals surface area contributed by atoms with Crippen molar-refractivity contribution in [1.29, 1.82) is 0 Å². The van der Waals surface area contributed by atoms with Gasteiger partial charge in [0.15, 0.2) is 0 Å². The van der Waals surface area contributed by atoms with Crippen LogP contribution in [0.15, 0.2) is 29.2 Å². The van der Waals surface area contributed by atoms with Crippen molar-refractivity contribution in [2.45, 2.75) is 18.2 Å². The van der Waals surface area contributed by atoms with Gasteiger partial charge in [0.25, 0.3) is 0 Å². The van der Waals surface area contributed by atoms with Crippen molar-refractivity contribution in [1.82, 2.24) is 4.31 Å². The van der Waals surface area contributed by atoms with Crippen LogP contribution in [0.2, 0.25) is 5.02 Å². The van der Waals surface area contributed by atoms with Crippen LogP contribution in [-0.4, -0.2) is 30.8 Å². The maximum atomic E-state index is 12.3. The Morgan fingerprint density at radius 2 is 1.94 bits per heavy atom. The van der Waals surface area contributed by atoms with Crippen LogP contribution in [0.25, 0.3) is 0 Å². The number of sulfonamides is 1. The number of nitrogens with two attached hydrogens (primary N) is 1. The Hall–Kier alpha value is -0.690. The van der Waals surface area contributed by atoms with Crippen LogP contribution < -0.4 is 5.73 Å². The molecule has 0 spiro atoms. The van der Waals surface area contributed by atoms with Crippen molar-refractivity contribution >= 4 is 38.8 Å². The van der Waals surface area contributed by atoms with Gasteiger partial charge in [-0.05, 0) is 30.7 Å². The van der Waals surface area contributed by atoms with Crippen LogP contribution in [-0.2, 0) is 10.0 Å². The molecule has 0 saturated heterocycles. The van der Waals surface area contributed by atoms with Crippen molar-refractivity contribution in [3.8, 4) is 0 Å². The minimum atomic E-state index is -3.57. The highest BCUT2D eigenvalue weighted by molar-refractivity contribution is 7.89. The van der Waals surface area contributed by atoms with Gasteiger partial charge < -0.3 is 5.73 Å². The van der Waals surface area contributed by atoms with Crippen LogP contribution in [0.5, 0.6) is 0 Å². The highest BCUT2D eigenvalue weighted by Gasteiger charge is 2.23. The molecule has 1 aromatic carbocycles. The zero-order valence-electron chi connectivity index (χ0n) is 9.97. The van der Waals surface area contributed by atoms with Crippen molar-refractivity contribution in [2.75, 3.05) is 13.1 Å². The van der Waals surface area contributed by atoms with Crippen molar-refractivity contribution in [3.05, 3.63) is 29.3 Å². The van der Waals surface area contributed by atoms with Crippen LogP contribution in [0.3, 0.4) is 0 Å². The van der Waals surface area contributed by atoms with E-state index in [4.69, 9.17) is 29.6 Å². The molecular formula is C11H15ClN2O2S2. The normalized spacial score (nSPS) is 11.7. The predicted molar refractivity (Wildman–Crippen MR) is 77.3 cm³/mol. The van der Waals surface area contributed by atoms with E-state index in [-0.39, 0.29) is 16.4 Å². The lowest BCUT2D eigenvalue weighted by Gasteiger charge is -2.20. The minimum Gasteiger partial charge on any atom is -0.392 e. The molecule has 2 N–H and O–H groups in total. The molecular weight excluding hydrogens is 292 g/mol. The summed E-state index contributed by atoms with van der Waals surface area (Å²) >= 11 is 10.5. The fourth-order valence-electron chi connectivity index (χ4n) is 1.46. The third-order valence-corrected chi connectivity index (χ3v) is 4.50. The summed E-state index contributed by atoms with van der Waals surface area (Å²) in [5.41, 5.74) is 5.43. The lowest BCUT2D eigenvalue weighted by Crippen LogP contribution is -2.38. The molecule has 0 amide bonds. The van der Waals surface area contributed by atoms with E-state index in [1.807, 2.05) is 6.92 Å². The van der Waals surface area contributed by atoms with E-state index in [0.717, 1.165) is 0 Å². The summed E-state index contributed by atoms with van der Waals surface area (Å²) in [5.74, 6) is 0. The number of hydrogen-bond donors (Lipinski definition) is 1. The SMILES string of the molecule is CCCN(CC(N)=S)S(=O)(=O)c1ccc(Cl)cc1. The molecule has 7 heteroatoms. The molecule has 0 bridgehead atoms. The second kappa shape index (κ2) is 6.47. The topological polar surface area (TPSA) is 63.4 Å². The van der Waals surface area contributed by atoms with E-state index in [1.165, 1.54) is 16.4 Å². The maximum Gasteiger partial charge on any atom is 0.243 e. The number of nitrogens with zero attached hydrogens (tertiary/aromatic N) is 1. The van der Waals surface area contributed by atoms with Gasteiger partial charge in [0.1, 0.15) is 0 Å². The number of hydrogen-bond acceptors (Lipinski definition) is 3. The number of thiocarbonyl (C=S) groups is 1. The first-order valence-electron chi connectivity index (χ1n) is 5.42. The molecule has 0 fully saturated rings. The van der Waals surface area contributed by atoms with E-state index < -0.39 is 10.0 Å². The third kappa shape index (κ3) is 3.91. The summed E-state index contributed by atoms with van der Waals surface area (Å²) in [5, 5.41) is 0.491. The van der Waals surface area contributed by atoms with Gasteiger partial charge in [-0.15, -0.1) is 0 Å². The summed E-state index contributed by atoms with van der Waals surface area (Å²) in [7, 11) is -3.57. The second-order valence-electron chi connectivity index (χ2n) is 3.76. The van der Waals surface area contributed by atoms with Gasteiger partial charge in [-0.25, -0.2) is 8.42 Å². The summed E-state index contributed by atoms with van der Waals surface area (Å²) in [6.07, 6.45) is 0.690. The molecule has 0 saturated carbocycles. The monoisotopic (exact) mass is 306 g/mol. The summed E-state index contributed by atoms with van der Waals surface area (Å²) in [6.45, 7) is 2.32. The summed E-state index contributed by atoms with van der Waals surface area (Å²) in [4.78, 5) is 0.345. The number of halogens is 1. The van der Waals surface area contributed by atoms with Gasteiger partial charge in [0.05, 0.1) is 16.4 Å². The van der Waals surface area contributed by atoms with Gasteiger partial charge in [0.2, 0.25) is 10.0 Å². The minimum absolute atomic E-state index is 0.0497. The smallest absolute Gasteiger partial charge is 0.243 e. The second-order valence-corrected chi connectivity index (χ2v) is 6.66. The Bertz CT molecular complexity index is 514. The lowest BCUT2D eigenvalue weighted by atomic mass is 10.4. The average molecular weight is 307 g/mol. The Labute approximate surface area is 118 Å². The standard InChI is InChI=1S/C11H15ClN2O2S2/c1-2-7-14(8-11(13)17)18(15,16)10-5-3-9(12)4-6-10/h3-6H,2,7-8H2,1H3,(H2,13,17). The maximum absolute atomic E-state index is 12.3. The highest BCUT2D eigenvalue weighted by Crippen LogP contribution is 2.18. The van der Waals surface area contributed by atoms with Gasteiger partial charge in [0, 0.05) is 11.6 Å². The summed E-state index contributed by atoms with van der Waals surface area (Å²) in [6, 6.07) is 6.03. The molecule has 0 aliphatic rings. The molecule has 0 aliphatic heterocycles. The molecule has 0 aliphatic carbocycles. The Morgan fingerprint density at radius 3 is 2.39 bits per heavy atom. The highest BCUT2D eigenvalue weighted by atomic mass is 35.5. The molecule has 1 rings (SSSR count). The molecule has 18 heavy (non-hydrogen) atoms. The zero-order valence-corrected chi connectivity index (χ0v) is 12.4. The molecule has 0 radical (unpaired) electrons. The van der Waals surface area contributed by atoms with Crippen LogP contribution in [0.1, 0.15) is 13.3 Å². The van der Waals surface area contributed by atoms with Gasteiger partial charge >= 0.3 is 0 Å². The average Bonchev–Trinajstić information content (AvgIpc) is 2.28. The third-order valence-electron chi connectivity index (χ3n) is 2.26. The first-order valence-corrected chi connectivity index (χ1v) is 7.64. The van der Waals surface area contributed by atoms with Gasteiger partial charge in [-0.1, -0.05) is 30.7 Å². The lowest BCUT2D eigenvalue weighted by molar-refractivity contribution is 0.449. The molecule has 1 aromatic rings. The van der Waals surface area contributed by atoms with E-state index >= 15 is 0 Å². The van der Waals surface area contributed by atoms with Crippen LogP contribution >= 0.6 is 23.8 Å². The van der Waals surface area contributed by atoms with Crippen LogP contribution in [0, 0.1) is 0 Å². The van der Waals surface area contributed by atoms with E-state index in [9.17, 15) is 8.42 Å². The van der Waals surface area contributed by atoms with E-state index in [0.29, 0.717) is 18.0 Å². The van der Waals surface area contributed by atoms with Gasteiger partial charge in [-0.3, -0.25) is 0 Å². The Balaban J connectivity index is 3.08. The molecule has 4 nitrogen and oxygen atoms in total. The van der Waals surface area contributed by atoms with Crippen LogP contribution in [0.4, 0.5) is 0 Å². The molecule has 0 aromatic heterocycles. The molecule has 0 atom stereocenters. The largest absolute Gasteiger partial charge is 0.392 e. The predicted octanol–water partition coefficient (Wildman–Crippen LogP) is 2.03. The van der Waals surface area contributed by atoms with Crippen molar-refractivity contribution in [3.63, 3.8) is 0 Å². The first kappa shape index (κ1) is 15.4. The fourth-order valence-corrected chi connectivity index (χ4v) is 3.34. The number of rotatable bonds is 6. The van der Waals surface area contributed by atoms with E-state index in [2.05, 4.69) is 0 Å². The summed E-state index contributed by atoms with van der Waals surface area (Å²) < 4.78 is 25.9. The Kier molecular flexibility index (Phi) is 5.52. The van der Waals surface area contributed by atoms with Crippen molar-refractivity contribution in [2.24, 2.45) is 5.73 Å². The fraction of sp³-hybridized carbons (Fsp3) is 0.364. The molecule has 0 heterocycles.